The zero-order chi connectivity index (χ0) is 15.4. The summed E-state index contributed by atoms with van der Waals surface area (Å²) in [6.07, 6.45) is 0.316. The molecule has 2 aromatic rings. The molecule has 0 fully saturated rings. The number of nitrogens with one attached hydrogen (secondary N) is 1. The highest BCUT2D eigenvalue weighted by Gasteiger charge is 2.27. The molecule has 1 heterocycles. The van der Waals surface area contributed by atoms with Gasteiger partial charge in [0, 0.05) is 12.6 Å². The second-order valence-corrected chi connectivity index (χ2v) is 5.46. The van der Waals surface area contributed by atoms with Crippen molar-refractivity contribution in [1.29, 1.82) is 0 Å². The van der Waals surface area contributed by atoms with Gasteiger partial charge in [-0.15, -0.1) is 0 Å². The summed E-state index contributed by atoms with van der Waals surface area (Å²) >= 11 is 0. The Kier molecular flexibility index (Phi) is 4.51. The number of carbonyl (C=O) groups is 1. The number of nitrogens with two attached hydrogens (primary N) is 1. The Morgan fingerprint density at radius 2 is 1.91 bits per heavy atom. The Bertz CT molecular complexity index is 643. The molecule has 2 atom stereocenters. The van der Waals surface area contributed by atoms with Crippen molar-refractivity contribution in [2.45, 2.75) is 18.6 Å². The maximum absolute atomic E-state index is 12.4. The van der Waals surface area contributed by atoms with Crippen LogP contribution in [0.5, 0.6) is 0 Å². The molecule has 0 spiro atoms. The minimum absolute atomic E-state index is 0.126. The third-order valence-corrected chi connectivity index (χ3v) is 3.96. The molecule has 0 saturated heterocycles. The van der Waals surface area contributed by atoms with Crippen LogP contribution in [-0.4, -0.2) is 19.1 Å². The van der Waals surface area contributed by atoms with E-state index in [2.05, 4.69) is 5.32 Å². The lowest BCUT2D eigenvalue weighted by molar-refractivity contribution is -0.134. The zero-order valence-electron chi connectivity index (χ0n) is 12.4. The third-order valence-electron chi connectivity index (χ3n) is 3.96. The highest BCUT2D eigenvalue weighted by molar-refractivity contribution is 5.82. The molecule has 0 bridgehead atoms. The summed E-state index contributed by atoms with van der Waals surface area (Å²) in [5.41, 5.74) is 9.26. The van der Waals surface area contributed by atoms with E-state index >= 15 is 0 Å². The van der Waals surface area contributed by atoms with Gasteiger partial charge in [-0.3, -0.25) is 4.79 Å². The van der Waals surface area contributed by atoms with E-state index in [1.54, 1.807) is 0 Å². The van der Waals surface area contributed by atoms with E-state index in [9.17, 15) is 4.79 Å². The Hall–Kier alpha value is -2.17. The van der Waals surface area contributed by atoms with Gasteiger partial charge in [0.25, 0.3) is 5.91 Å². The van der Waals surface area contributed by atoms with Crippen LogP contribution >= 0.6 is 0 Å². The van der Waals surface area contributed by atoms with Crippen molar-refractivity contribution < 1.29 is 9.53 Å². The Labute approximate surface area is 130 Å². The summed E-state index contributed by atoms with van der Waals surface area (Å²) in [5.74, 6) is -0.126. The molecule has 3 N–H and O–H groups in total. The van der Waals surface area contributed by atoms with Gasteiger partial charge >= 0.3 is 0 Å². The minimum atomic E-state index is -0.534. The highest BCUT2D eigenvalue weighted by atomic mass is 16.5. The van der Waals surface area contributed by atoms with Gasteiger partial charge in [-0.1, -0.05) is 54.6 Å². The Balaban J connectivity index is 1.64. The predicted molar refractivity (Wildman–Crippen MR) is 85.2 cm³/mol. The van der Waals surface area contributed by atoms with Gasteiger partial charge in [-0.25, -0.2) is 0 Å². The molecule has 1 amide bonds. The molecule has 0 aliphatic carbocycles. The number of hydrogen-bond donors (Lipinski definition) is 2. The number of hydrogen-bond acceptors (Lipinski definition) is 3. The van der Waals surface area contributed by atoms with Crippen molar-refractivity contribution >= 4 is 5.91 Å². The van der Waals surface area contributed by atoms with Crippen molar-refractivity contribution in [3.8, 4) is 0 Å². The summed E-state index contributed by atoms with van der Waals surface area (Å²) in [7, 11) is 0. The van der Waals surface area contributed by atoms with Crippen LogP contribution in [0.2, 0.25) is 0 Å². The molecule has 0 unspecified atom stereocenters. The molecule has 1 aliphatic rings. The number of benzene rings is 2. The summed E-state index contributed by atoms with van der Waals surface area (Å²) < 4.78 is 5.65. The third kappa shape index (κ3) is 3.18. The van der Waals surface area contributed by atoms with Crippen molar-refractivity contribution in [2.24, 2.45) is 5.73 Å². The molecule has 0 saturated carbocycles. The first-order chi connectivity index (χ1) is 10.8. The number of rotatable bonds is 4. The maximum Gasteiger partial charge on any atom is 0.253 e. The van der Waals surface area contributed by atoms with E-state index in [0.717, 1.165) is 17.5 Å². The largest absolute Gasteiger partial charge is 0.363 e. The van der Waals surface area contributed by atoms with Crippen molar-refractivity contribution in [3.63, 3.8) is 0 Å². The molecule has 114 valence electrons. The average molecular weight is 296 g/mol. The first-order valence-corrected chi connectivity index (χ1v) is 7.53. The molecule has 3 rings (SSSR count). The van der Waals surface area contributed by atoms with Gasteiger partial charge < -0.3 is 15.8 Å². The standard InChI is InChI=1S/C18H20N2O2/c19-16(14-7-2-1-3-8-14)12-20-18(21)17-15-9-5-4-6-13(15)10-11-22-17/h1-9,16-17H,10-12,19H2,(H,20,21)/t16-,17-/m0/s1. The van der Waals surface area contributed by atoms with E-state index in [4.69, 9.17) is 10.5 Å². The molecule has 4 nitrogen and oxygen atoms in total. The Morgan fingerprint density at radius 3 is 2.73 bits per heavy atom. The average Bonchev–Trinajstić information content (AvgIpc) is 2.59. The van der Waals surface area contributed by atoms with Crippen LogP contribution in [0.3, 0.4) is 0 Å². The smallest absolute Gasteiger partial charge is 0.253 e. The van der Waals surface area contributed by atoms with Crippen molar-refractivity contribution in [3.05, 3.63) is 71.3 Å². The van der Waals surface area contributed by atoms with Gasteiger partial charge in [0.05, 0.1) is 6.61 Å². The van der Waals surface area contributed by atoms with Gasteiger partial charge in [-0.05, 0) is 23.1 Å². The minimum Gasteiger partial charge on any atom is -0.363 e. The van der Waals surface area contributed by atoms with Crippen LogP contribution in [0.4, 0.5) is 0 Å². The summed E-state index contributed by atoms with van der Waals surface area (Å²) in [5, 5.41) is 2.90. The van der Waals surface area contributed by atoms with Gasteiger partial charge in [0.2, 0.25) is 0 Å². The molecule has 2 aromatic carbocycles. The van der Waals surface area contributed by atoms with E-state index in [0.29, 0.717) is 13.2 Å². The predicted octanol–water partition coefficient (Wildman–Crippen LogP) is 2.12. The second kappa shape index (κ2) is 6.73. The summed E-state index contributed by atoms with van der Waals surface area (Å²) in [6, 6.07) is 17.5. The SMILES string of the molecule is N[C@@H](CNC(=O)[C@H]1OCCc2ccccc21)c1ccccc1. The summed E-state index contributed by atoms with van der Waals surface area (Å²) in [6.45, 7) is 0.963. The zero-order valence-corrected chi connectivity index (χ0v) is 12.4. The second-order valence-electron chi connectivity index (χ2n) is 5.46. The van der Waals surface area contributed by atoms with Crippen molar-refractivity contribution in [1.82, 2.24) is 5.32 Å². The van der Waals surface area contributed by atoms with Crippen LogP contribution in [0.1, 0.15) is 28.8 Å². The number of carbonyl (C=O) groups excluding carboxylic acids is 1. The van der Waals surface area contributed by atoms with Crippen LogP contribution in [0, 0.1) is 0 Å². The molecular formula is C18H20N2O2. The quantitative estimate of drug-likeness (QED) is 0.908. The number of ether oxygens (including phenoxy) is 1. The van der Waals surface area contributed by atoms with E-state index in [1.807, 2.05) is 54.6 Å². The molecule has 0 radical (unpaired) electrons. The van der Waals surface area contributed by atoms with Crippen LogP contribution in [-0.2, 0) is 16.0 Å². The number of fused-ring (bicyclic) bond motifs is 1. The normalized spacial score (nSPS) is 18.3. The fourth-order valence-corrected chi connectivity index (χ4v) is 2.73. The molecule has 22 heavy (non-hydrogen) atoms. The lowest BCUT2D eigenvalue weighted by Gasteiger charge is -2.25. The fraction of sp³-hybridized carbons (Fsp3) is 0.278. The molecule has 1 aliphatic heterocycles. The molecular weight excluding hydrogens is 276 g/mol. The monoisotopic (exact) mass is 296 g/mol. The lowest BCUT2D eigenvalue weighted by Crippen LogP contribution is -2.37. The van der Waals surface area contributed by atoms with E-state index in [-0.39, 0.29) is 11.9 Å². The van der Waals surface area contributed by atoms with Crippen LogP contribution in [0.25, 0.3) is 0 Å². The lowest BCUT2D eigenvalue weighted by atomic mass is 9.97. The summed E-state index contributed by atoms with van der Waals surface area (Å²) in [4.78, 5) is 12.4. The fourth-order valence-electron chi connectivity index (χ4n) is 2.73. The topological polar surface area (TPSA) is 64.3 Å². The van der Waals surface area contributed by atoms with Gasteiger partial charge in [0.15, 0.2) is 6.10 Å². The Morgan fingerprint density at radius 1 is 1.18 bits per heavy atom. The maximum atomic E-state index is 12.4. The highest BCUT2D eigenvalue weighted by Crippen LogP contribution is 2.27. The first kappa shape index (κ1) is 14.8. The number of amides is 1. The molecule has 4 heteroatoms. The van der Waals surface area contributed by atoms with E-state index in [1.165, 1.54) is 5.56 Å². The van der Waals surface area contributed by atoms with E-state index < -0.39 is 6.10 Å². The first-order valence-electron chi connectivity index (χ1n) is 7.53. The van der Waals surface area contributed by atoms with Crippen LogP contribution in [0.15, 0.2) is 54.6 Å². The molecule has 0 aromatic heterocycles. The van der Waals surface area contributed by atoms with Crippen LogP contribution < -0.4 is 11.1 Å². The van der Waals surface area contributed by atoms with Crippen molar-refractivity contribution in [2.75, 3.05) is 13.2 Å². The van der Waals surface area contributed by atoms with Gasteiger partial charge in [0.1, 0.15) is 0 Å². The van der Waals surface area contributed by atoms with Gasteiger partial charge in [-0.2, -0.15) is 0 Å².